The van der Waals surface area contributed by atoms with Gasteiger partial charge in [0, 0.05) is 25.2 Å². The fourth-order valence-electron chi connectivity index (χ4n) is 4.83. The number of likely N-dealkylation sites (tertiary alicyclic amines) is 1. The van der Waals surface area contributed by atoms with Gasteiger partial charge >= 0.3 is 6.03 Å². The number of nitrogens with one attached hydrogen (secondary N) is 2. The van der Waals surface area contributed by atoms with Gasteiger partial charge in [0.2, 0.25) is 0 Å². The summed E-state index contributed by atoms with van der Waals surface area (Å²) >= 11 is 6.14. The maximum Gasteiger partial charge on any atom is 0.324 e. The van der Waals surface area contributed by atoms with Gasteiger partial charge in [0.05, 0.1) is 22.9 Å². The van der Waals surface area contributed by atoms with Crippen molar-refractivity contribution in [2.24, 2.45) is 0 Å². The van der Waals surface area contributed by atoms with Gasteiger partial charge in [0.15, 0.2) is 0 Å². The van der Waals surface area contributed by atoms with Crippen LogP contribution in [-0.2, 0) is 0 Å². The summed E-state index contributed by atoms with van der Waals surface area (Å²) < 4.78 is 1.97. The second-order valence-corrected chi connectivity index (χ2v) is 8.89. The molecular formula is C23H32ClN5O. The summed E-state index contributed by atoms with van der Waals surface area (Å²) in [6.07, 6.45) is 13.5. The molecule has 1 saturated heterocycles. The number of piperidine rings is 1. The number of amides is 2. The molecule has 1 aromatic carbocycles. The smallest absolute Gasteiger partial charge is 0.306 e. The van der Waals surface area contributed by atoms with Gasteiger partial charge in [-0.2, -0.15) is 5.10 Å². The lowest BCUT2D eigenvalue weighted by Crippen LogP contribution is -2.42. The summed E-state index contributed by atoms with van der Waals surface area (Å²) in [5.74, 6) is 0.726. The Hall–Kier alpha value is -2.05. The Kier molecular flexibility index (Phi) is 7.28. The lowest BCUT2D eigenvalue weighted by Gasteiger charge is -2.38. The van der Waals surface area contributed by atoms with Crippen LogP contribution < -0.4 is 10.6 Å². The number of carbonyl (C=O) groups excluding carboxylic acids is 1. The third-order valence-corrected chi connectivity index (χ3v) is 6.80. The number of aromatic nitrogens is 2. The number of hydrogen-bond acceptors (Lipinski definition) is 3. The van der Waals surface area contributed by atoms with Crippen LogP contribution in [0.3, 0.4) is 0 Å². The highest BCUT2D eigenvalue weighted by Gasteiger charge is 2.27. The van der Waals surface area contributed by atoms with Crippen LogP contribution in [0.15, 0.2) is 36.5 Å². The minimum Gasteiger partial charge on any atom is -0.306 e. The van der Waals surface area contributed by atoms with E-state index in [1.807, 2.05) is 22.9 Å². The number of carbonyl (C=O) groups is 1. The molecule has 0 atom stereocenters. The van der Waals surface area contributed by atoms with Gasteiger partial charge in [0.25, 0.3) is 0 Å². The number of anilines is 2. The Bertz CT molecular complexity index is 823. The van der Waals surface area contributed by atoms with Crippen molar-refractivity contribution in [2.45, 2.75) is 69.9 Å². The summed E-state index contributed by atoms with van der Waals surface area (Å²) in [5.41, 5.74) is 0.593. The predicted molar refractivity (Wildman–Crippen MR) is 122 cm³/mol. The molecule has 7 heteroatoms. The molecule has 2 aliphatic rings. The standard InChI is InChI=1S/C23H32ClN5O/c24-20-10-6-7-11-21(20)26-23(30)27-22-12-15-25-29(22)19-13-16-28(17-14-19)18-8-4-2-1-3-5-9-18/h6-7,10-12,15,18-19H,1-5,8-9,13-14,16-17H2,(H2,26,27,30). The largest absolute Gasteiger partial charge is 0.324 e. The molecule has 0 spiro atoms. The third-order valence-electron chi connectivity index (χ3n) is 6.47. The molecule has 2 aromatic rings. The molecule has 1 aromatic heterocycles. The zero-order chi connectivity index (χ0) is 20.8. The monoisotopic (exact) mass is 429 g/mol. The van der Waals surface area contributed by atoms with Crippen molar-refractivity contribution in [3.05, 3.63) is 41.6 Å². The summed E-state index contributed by atoms with van der Waals surface area (Å²) in [7, 11) is 0. The Morgan fingerprint density at radius 2 is 1.60 bits per heavy atom. The van der Waals surface area contributed by atoms with Crippen molar-refractivity contribution < 1.29 is 4.79 Å². The molecule has 0 radical (unpaired) electrons. The quantitative estimate of drug-likeness (QED) is 0.633. The van der Waals surface area contributed by atoms with Crippen molar-refractivity contribution in [3.63, 3.8) is 0 Å². The average Bonchev–Trinajstić information content (AvgIpc) is 3.18. The molecule has 162 valence electrons. The number of para-hydroxylation sites is 1. The first-order valence-corrected chi connectivity index (χ1v) is 11.7. The van der Waals surface area contributed by atoms with Crippen molar-refractivity contribution in [2.75, 3.05) is 23.7 Å². The summed E-state index contributed by atoms with van der Waals surface area (Å²) in [5, 5.41) is 10.8. The Morgan fingerprint density at radius 3 is 2.33 bits per heavy atom. The number of halogens is 1. The number of urea groups is 1. The van der Waals surface area contributed by atoms with E-state index in [0.717, 1.165) is 37.8 Å². The Labute approximate surface area is 184 Å². The van der Waals surface area contributed by atoms with Crippen LogP contribution in [0.5, 0.6) is 0 Å². The van der Waals surface area contributed by atoms with E-state index >= 15 is 0 Å². The molecule has 1 saturated carbocycles. The van der Waals surface area contributed by atoms with Crippen LogP contribution in [0, 0.1) is 0 Å². The molecule has 2 fully saturated rings. The highest BCUT2D eigenvalue weighted by molar-refractivity contribution is 6.33. The fraction of sp³-hybridized carbons (Fsp3) is 0.565. The van der Waals surface area contributed by atoms with E-state index in [-0.39, 0.29) is 6.03 Å². The molecule has 4 rings (SSSR count). The van der Waals surface area contributed by atoms with Crippen molar-refractivity contribution >= 4 is 29.1 Å². The van der Waals surface area contributed by atoms with Gasteiger partial charge in [-0.05, 0) is 37.8 Å². The number of hydrogen-bond donors (Lipinski definition) is 2. The number of benzene rings is 1. The summed E-state index contributed by atoms with van der Waals surface area (Å²) in [6, 6.07) is 9.84. The molecule has 1 aliphatic heterocycles. The van der Waals surface area contributed by atoms with Gasteiger partial charge in [-0.1, -0.05) is 55.8 Å². The maximum absolute atomic E-state index is 12.5. The highest BCUT2D eigenvalue weighted by Crippen LogP contribution is 2.30. The van der Waals surface area contributed by atoms with Gasteiger partial charge in [0.1, 0.15) is 5.82 Å². The Morgan fingerprint density at radius 1 is 0.900 bits per heavy atom. The second-order valence-electron chi connectivity index (χ2n) is 8.49. The fourth-order valence-corrected chi connectivity index (χ4v) is 5.01. The Balaban J connectivity index is 1.32. The van der Waals surface area contributed by atoms with Crippen LogP contribution >= 0.6 is 11.6 Å². The van der Waals surface area contributed by atoms with E-state index in [1.54, 1.807) is 18.3 Å². The first kappa shape index (κ1) is 21.2. The van der Waals surface area contributed by atoms with E-state index in [2.05, 4.69) is 20.6 Å². The highest BCUT2D eigenvalue weighted by atomic mass is 35.5. The van der Waals surface area contributed by atoms with Gasteiger partial charge in [-0.15, -0.1) is 0 Å². The third kappa shape index (κ3) is 5.35. The van der Waals surface area contributed by atoms with Crippen molar-refractivity contribution in [1.82, 2.24) is 14.7 Å². The summed E-state index contributed by atoms with van der Waals surface area (Å²) in [6.45, 7) is 2.22. The first-order valence-electron chi connectivity index (χ1n) is 11.3. The SMILES string of the molecule is O=C(Nc1ccccc1Cl)Nc1ccnn1C1CCN(C2CCCCCCC2)CC1. The zero-order valence-corrected chi connectivity index (χ0v) is 18.3. The normalized spacial score (nSPS) is 19.8. The number of nitrogens with zero attached hydrogens (tertiary/aromatic N) is 3. The van der Waals surface area contributed by atoms with E-state index in [1.165, 1.54) is 44.9 Å². The van der Waals surface area contributed by atoms with E-state index in [4.69, 9.17) is 11.6 Å². The van der Waals surface area contributed by atoms with Crippen LogP contribution in [-0.4, -0.2) is 39.8 Å². The van der Waals surface area contributed by atoms with Gasteiger partial charge < -0.3 is 10.2 Å². The molecule has 1 aliphatic carbocycles. The van der Waals surface area contributed by atoms with E-state index in [9.17, 15) is 4.79 Å². The predicted octanol–water partition coefficient (Wildman–Crippen LogP) is 5.93. The molecule has 2 amide bonds. The molecule has 0 bridgehead atoms. The van der Waals surface area contributed by atoms with Crippen LogP contribution in [0.25, 0.3) is 0 Å². The number of rotatable bonds is 4. The molecule has 2 N–H and O–H groups in total. The zero-order valence-electron chi connectivity index (χ0n) is 17.5. The second kappa shape index (κ2) is 10.3. The molecular weight excluding hydrogens is 398 g/mol. The lowest BCUT2D eigenvalue weighted by molar-refractivity contribution is 0.113. The minimum atomic E-state index is -0.309. The lowest BCUT2D eigenvalue weighted by atomic mass is 9.93. The first-order chi connectivity index (χ1) is 14.7. The van der Waals surface area contributed by atoms with Gasteiger partial charge in [-0.3, -0.25) is 5.32 Å². The van der Waals surface area contributed by atoms with Crippen LogP contribution in [0.4, 0.5) is 16.3 Å². The average molecular weight is 430 g/mol. The van der Waals surface area contributed by atoms with Crippen LogP contribution in [0.2, 0.25) is 5.02 Å². The van der Waals surface area contributed by atoms with Crippen molar-refractivity contribution in [3.8, 4) is 0 Å². The van der Waals surface area contributed by atoms with E-state index in [0.29, 0.717) is 16.8 Å². The molecule has 6 nitrogen and oxygen atoms in total. The van der Waals surface area contributed by atoms with Crippen LogP contribution in [0.1, 0.15) is 63.8 Å². The van der Waals surface area contributed by atoms with E-state index < -0.39 is 0 Å². The molecule has 30 heavy (non-hydrogen) atoms. The minimum absolute atomic E-state index is 0.309. The molecule has 0 unspecified atom stereocenters. The van der Waals surface area contributed by atoms with Crippen molar-refractivity contribution in [1.29, 1.82) is 0 Å². The maximum atomic E-state index is 12.5. The van der Waals surface area contributed by atoms with Gasteiger partial charge in [-0.25, -0.2) is 9.48 Å². The summed E-state index contributed by atoms with van der Waals surface area (Å²) in [4.78, 5) is 15.2. The topological polar surface area (TPSA) is 62.2 Å². The molecule has 2 heterocycles.